The number of carbonyl (C=O) groups is 2. The molecule has 1 unspecified atom stereocenters. The second-order valence-electron chi connectivity index (χ2n) is 6.34. The minimum atomic E-state index is -0.224. The fourth-order valence-electron chi connectivity index (χ4n) is 3.04. The first-order valence-electron chi connectivity index (χ1n) is 8.23. The Bertz CT molecular complexity index is 530. The Morgan fingerprint density at radius 2 is 1.87 bits per heavy atom. The van der Waals surface area contributed by atoms with Crippen LogP contribution in [0.5, 0.6) is 0 Å². The quantitative estimate of drug-likeness (QED) is 0.821. The van der Waals surface area contributed by atoms with Gasteiger partial charge in [0.2, 0.25) is 11.8 Å². The number of nitrogens with zero attached hydrogens (tertiary/aromatic N) is 3. The van der Waals surface area contributed by atoms with Crippen molar-refractivity contribution in [3.05, 3.63) is 35.9 Å². The first-order valence-corrected chi connectivity index (χ1v) is 8.23. The molecule has 0 saturated carbocycles. The summed E-state index contributed by atoms with van der Waals surface area (Å²) < 4.78 is 0. The van der Waals surface area contributed by atoms with Crippen LogP contribution in [-0.4, -0.2) is 72.8 Å². The number of amides is 2. The van der Waals surface area contributed by atoms with E-state index >= 15 is 0 Å². The fourth-order valence-corrected chi connectivity index (χ4v) is 3.04. The molecule has 0 aromatic heterocycles. The van der Waals surface area contributed by atoms with E-state index in [9.17, 15) is 9.59 Å². The number of carbonyl (C=O) groups excluding carboxylic acids is 2. The number of piperazine rings is 1. The Morgan fingerprint density at radius 1 is 1.17 bits per heavy atom. The van der Waals surface area contributed by atoms with Crippen LogP contribution in [0.1, 0.15) is 18.9 Å². The van der Waals surface area contributed by atoms with Crippen LogP contribution in [0.15, 0.2) is 30.3 Å². The van der Waals surface area contributed by atoms with E-state index in [0.29, 0.717) is 13.1 Å². The van der Waals surface area contributed by atoms with Crippen LogP contribution >= 0.6 is 0 Å². The maximum absolute atomic E-state index is 12.5. The topological polar surface area (TPSA) is 43.9 Å². The van der Waals surface area contributed by atoms with E-state index in [4.69, 9.17) is 0 Å². The van der Waals surface area contributed by atoms with Crippen LogP contribution < -0.4 is 0 Å². The molecule has 0 radical (unpaired) electrons. The molecule has 1 aromatic carbocycles. The van der Waals surface area contributed by atoms with Gasteiger partial charge in [0.25, 0.3) is 0 Å². The molecule has 5 nitrogen and oxygen atoms in total. The van der Waals surface area contributed by atoms with Gasteiger partial charge in [-0.3, -0.25) is 14.5 Å². The molecule has 1 aromatic rings. The molecule has 5 heteroatoms. The van der Waals surface area contributed by atoms with Crippen molar-refractivity contribution in [3.8, 4) is 0 Å². The number of hydrogen-bond acceptors (Lipinski definition) is 3. The molecular formula is C18H27N3O2. The highest BCUT2D eigenvalue weighted by molar-refractivity contribution is 5.83. The van der Waals surface area contributed by atoms with E-state index in [1.807, 2.05) is 6.07 Å². The van der Waals surface area contributed by atoms with Gasteiger partial charge in [0.15, 0.2) is 0 Å². The summed E-state index contributed by atoms with van der Waals surface area (Å²) in [6.45, 7) is 4.42. The van der Waals surface area contributed by atoms with E-state index in [1.54, 1.807) is 30.8 Å². The third-order valence-corrected chi connectivity index (χ3v) is 4.42. The van der Waals surface area contributed by atoms with Crippen molar-refractivity contribution in [2.24, 2.45) is 0 Å². The Hall–Kier alpha value is -1.88. The zero-order valence-electron chi connectivity index (χ0n) is 14.4. The van der Waals surface area contributed by atoms with Crippen LogP contribution in [0.2, 0.25) is 0 Å². The Labute approximate surface area is 138 Å². The van der Waals surface area contributed by atoms with Gasteiger partial charge >= 0.3 is 0 Å². The van der Waals surface area contributed by atoms with Gasteiger partial charge in [0.05, 0.1) is 0 Å². The highest BCUT2D eigenvalue weighted by atomic mass is 16.2. The number of aryl methyl sites for hydroxylation is 1. The summed E-state index contributed by atoms with van der Waals surface area (Å²) in [5.74, 6) is 0.126. The van der Waals surface area contributed by atoms with Gasteiger partial charge in [0.1, 0.15) is 6.04 Å². The average molecular weight is 317 g/mol. The predicted octanol–water partition coefficient (Wildman–Crippen LogP) is 1.24. The number of likely N-dealkylation sites (N-methyl/N-ethyl adjacent to an activating group) is 1. The zero-order valence-corrected chi connectivity index (χ0v) is 14.4. The smallest absolute Gasteiger partial charge is 0.241 e. The molecule has 1 aliphatic rings. The second-order valence-corrected chi connectivity index (χ2v) is 6.34. The van der Waals surface area contributed by atoms with Gasteiger partial charge in [-0.2, -0.15) is 0 Å². The van der Waals surface area contributed by atoms with Crippen LogP contribution in [0.25, 0.3) is 0 Å². The molecule has 1 atom stereocenters. The molecule has 2 amide bonds. The van der Waals surface area contributed by atoms with E-state index in [2.05, 4.69) is 29.2 Å². The number of benzene rings is 1. The van der Waals surface area contributed by atoms with Gasteiger partial charge in [-0.1, -0.05) is 30.3 Å². The lowest BCUT2D eigenvalue weighted by Crippen LogP contribution is -2.59. The van der Waals surface area contributed by atoms with E-state index < -0.39 is 0 Å². The molecule has 1 aliphatic heterocycles. The van der Waals surface area contributed by atoms with Crippen LogP contribution in [-0.2, 0) is 16.0 Å². The Balaban J connectivity index is 1.94. The van der Waals surface area contributed by atoms with E-state index in [1.165, 1.54) is 5.56 Å². The average Bonchev–Trinajstić information content (AvgIpc) is 2.55. The maximum atomic E-state index is 12.5. The van der Waals surface area contributed by atoms with Crippen molar-refractivity contribution in [3.63, 3.8) is 0 Å². The minimum Gasteiger partial charge on any atom is -0.347 e. The highest BCUT2D eigenvalue weighted by Crippen LogP contribution is 2.14. The van der Waals surface area contributed by atoms with Crippen molar-refractivity contribution < 1.29 is 9.59 Å². The molecule has 0 aliphatic carbocycles. The standard InChI is InChI=1S/C18H27N3O2/c1-15(22)21-13-12-20(17(14-21)18(23)19(2)3)11-7-10-16-8-5-4-6-9-16/h4-6,8-9,17H,7,10-14H2,1-3H3. The largest absolute Gasteiger partial charge is 0.347 e. The zero-order chi connectivity index (χ0) is 16.8. The van der Waals surface area contributed by atoms with Gasteiger partial charge in [0, 0.05) is 40.7 Å². The van der Waals surface area contributed by atoms with Gasteiger partial charge in [-0.15, -0.1) is 0 Å². The molecule has 2 rings (SSSR count). The lowest BCUT2D eigenvalue weighted by Gasteiger charge is -2.41. The summed E-state index contributed by atoms with van der Waals surface area (Å²) in [6, 6.07) is 10.2. The predicted molar refractivity (Wildman–Crippen MR) is 91.1 cm³/mol. The molecule has 0 N–H and O–H groups in total. The lowest BCUT2D eigenvalue weighted by atomic mass is 10.1. The highest BCUT2D eigenvalue weighted by Gasteiger charge is 2.33. The summed E-state index contributed by atoms with van der Waals surface area (Å²) in [4.78, 5) is 29.7. The normalized spacial score (nSPS) is 18.7. The summed E-state index contributed by atoms with van der Waals surface area (Å²) in [6.07, 6.45) is 2.03. The number of rotatable bonds is 5. The molecular weight excluding hydrogens is 290 g/mol. The fraction of sp³-hybridized carbons (Fsp3) is 0.556. The van der Waals surface area contributed by atoms with Gasteiger partial charge in [-0.25, -0.2) is 0 Å². The first-order chi connectivity index (χ1) is 11.0. The van der Waals surface area contributed by atoms with Crippen LogP contribution in [0.3, 0.4) is 0 Å². The van der Waals surface area contributed by atoms with Crippen molar-refractivity contribution in [2.45, 2.75) is 25.8 Å². The first kappa shape index (κ1) is 17.5. The maximum Gasteiger partial charge on any atom is 0.241 e. The van der Waals surface area contributed by atoms with Crippen LogP contribution in [0.4, 0.5) is 0 Å². The molecule has 23 heavy (non-hydrogen) atoms. The van der Waals surface area contributed by atoms with Crippen molar-refractivity contribution in [2.75, 3.05) is 40.3 Å². The Kier molecular flexibility index (Phi) is 6.16. The van der Waals surface area contributed by atoms with Crippen LogP contribution in [0, 0.1) is 0 Å². The Morgan fingerprint density at radius 3 is 2.48 bits per heavy atom. The molecule has 0 bridgehead atoms. The van der Waals surface area contributed by atoms with Crippen molar-refractivity contribution >= 4 is 11.8 Å². The molecule has 126 valence electrons. The number of hydrogen-bond donors (Lipinski definition) is 0. The lowest BCUT2D eigenvalue weighted by molar-refractivity contribution is -0.141. The summed E-state index contributed by atoms with van der Waals surface area (Å²) in [7, 11) is 3.55. The van der Waals surface area contributed by atoms with E-state index in [-0.39, 0.29) is 17.9 Å². The summed E-state index contributed by atoms with van der Waals surface area (Å²) in [5.41, 5.74) is 1.32. The van der Waals surface area contributed by atoms with Crippen molar-refractivity contribution in [1.29, 1.82) is 0 Å². The third kappa shape index (κ3) is 4.79. The molecule has 1 heterocycles. The van der Waals surface area contributed by atoms with Gasteiger partial charge < -0.3 is 9.80 Å². The SMILES string of the molecule is CC(=O)N1CCN(CCCc2ccccc2)C(C(=O)N(C)C)C1. The van der Waals surface area contributed by atoms with Gasteiger partial charge in [-0.05, 0) is 24.9 Å². The summed E-state index contributed by atoms with van der Waals surface area (Å²) in [5, 5.41) is 0. The van der Waals surface area contributed by atoms with E-state index in [0.717, 1.165) is 25.9 Å². The molecule has 1 saturated heterocycles. The molecule has 1 fully saturated rings. The monoisotopic (exact) mass is 317 g/mol. The minimum absolute atomic E-state index is 0.0468. The second kappa shape index (κ2) is 8.11. The molecule has 0 spiro atoms. The van der Waals surface area contributed by atoms with Crippen molar-refractivity contribution in [1.82, 2.24) is 14.7 Å². The third-order valence-electron chi connectivity index (χ3n) is 4.42. The summed E-state index contributed by atoms with van der Waals surface area (Å²) >= 11 is 0.